The van der Waals surface area contributed by atoms with Gasteiger partial charge in [0.1, 0.15) is 22.9 Å². The van der Waals surface area contributed by atoms with Gasteiger partial charge in [-0.05, 0) is 39.0 Å². The molecule has 0 unspecified atom stereocenters. The van der Waals surface area contributed by atoms with Crippen LogP contribution in [0.5, 0.6) is 0 Å². The second kappa shape index (κ2) is 12.3. The molecule has 1 saturated heterocycles. The Labute approximate surface area is 272 Å². The molecule has 6 N–H and O–H groups in total. The molecule has 1 saturated carbocycles. The molecule has 7 atom stereocenters. The molecule has 2 fully saturated rings. The van der Waals surface area contributed by atoms with Gasteiger partial charge >= 0.3 is 7.12 Å². The summed E-state index contributed by atoms with van der Waals surface area (Å²) in [5, 5.41) is 60.3. The summed E-state index contributed by atoms with van der Waals surface area (Å²) < 4.78 is 11.7. The number of fused-ring (bicyclic) bond motifs is 3. The summed E-state index contributed by atoms with van der Waals surface area (Å²) in [5.74, 6) is -9.14. The number of likely N-dealkylation sites (N-methyl/N-ethyl adjacent to an activating group) is 1. The van der Waals surface area contributed by atoms with Crippen LogP contribution in [0.4, 0.5) is 0 Å². The number of benzene rings is 1. The molecule has 1 aromatic rings. The highest BCUT2D eigenvalue weighted by Crippen LogP contribution is 2.57. The zero-order chi connectivity index (χ0) is 33.8. The van der Waals surface area contributed by atoms with Crippen LogP contribution in [0.15, 0.2) is 77.0 Å². The quantitative estimate of drug-likeness (QED) is 0.184. The number of rotatable bonds is 5. The molecular formula is C33H40BN3O10. The highest BCUT2D eigenvalue weighted by molar-refractivity contribution is 6.61. The number of allylic oxidation sites excluding steroid dienone is 3. The zero-order valence-corrected chi connectivity index (χ0v) is 26.5. The van der Waals surface area contributed by atoms with Gasteiger partial charge in [-0.15, -0.1) is 0 Å². The number of carbonyl (C=O) groups excluding carboxylic acids is 3. The van der Waals surface area contributed by atoms with Crippen molar-refractivity contribution in [1.29, 1.82) is 0 Å². The molecule has 47 heavy (non-hydrogen) atoms. The monoisotopic (exact) mass is 649 g/mol. The van der Waals surface area contributed by atoms with Crippen molar-refractivity contribution in [1.82, 2.24) is 15.1 Å². The van der Waals surface area contributed by atoms with Crippen molar-refractivity contribution in [2.45, 2.75) is 30.6 Å². The molecule has 5 aliphatic rings. The number of aliphatic hydroxyl groups is 5. The van der Waals surface area contributed by atoms with Crippen LogP contribution >= 0.6 is 0 Å². The van der Waals surface area contributed by atoms with Gasteiger partial charge in [0.15, 0.2) is 17.2 Å². The van der Waals surface area contributed by atoms with E-state index < -0.39 is 82.6 Å². The van der Waals surface area contributed by atoms with E-state index in [1.807, 2.05) is 35.2 Å². The lowest BCUT2D eigenvalue weighted by Crippen LogP contribution is -2.66. The third kappa shape index (κ3) is 5.33. The molecule has 1 aromatic carbocycles. The molecule has 6 rings (SSSR count). The van der Waals surface area contributed by atoms with Crippen molar-refractivity contribution in [3.8, 4) is 0 Å². The fourth-order valence-electron chi connectivity index (χ4n) is 7.88. The van der Waals surface area contributed by atoms with Crippen LogP contribution in [0.25, 0.3) is 0 Å². The van der Waals surface area contributed by atoms with Crippen LogP contribution in [0, 0.1) is 23.7 Å². The van der Waals surface area contributed by atoms with Crippen LogP contribution in [-0.4, -0.2) is 124 Å². The Balaban J connectivity index is 1.28. The molecule has 250 valence electrons. The highest BCUT2D eigenvalue weighted by Gasteiger charge is 2.67. The number of ketones is 2. The largest absolute Gasteiger partial charge is 0.512 e. The van der Waals surface area contributed by atoms with Crippen molar-refractivity contribution in [3.05, 3.63) is 77.0 Å². The van der Waals surface area contributed by atoms with E-state index in [0.717, 1.165) is 5.46 Å². The average molecular weight is 650 g/mol. The predicted octanol–water partition coefficient (Wildman–Crippen LogP) is -0.114. The maximum absolute atomic E-state index is 13.9. The third-order valence-electron chi connectivity index (χ3n) is 10.3. The molecule has 0 bridgehead atoms. The van der Waals surface area contributed by atoms with Gasteiger partial charge in [0, 0.05) is 49.6 Å². The van der Waals surface area contributed by atoms with Gasteiger partial charge in [-0.25, -0.2) is 0 Å². The molecule has 4 aliphatic carbocycles. The lowest BCUT2D eigenvalue weighted by Gasteiger charge is -2.55. The number of aliphatic hydroxyl groups excluding tert-OH is 3. The van der Waals surface area contributed by atoms with Gasteiger partial charge in [-0.3, -0.25) is 24.2 Å². The van der Waals surface area contributed by atoms with Gasteiger partial charge in [-0.2, -0.15) is 0 Å². The molecule has 1 amide bonds. The maximum Gasteiger partial charge on any atom is 0.493 e. The average Bonchev–Trinajstić information content (AvgIpc) is 3.01. The molecule has 0 aromatic heterocycles. The normalized spacial score (nSPS) is 34.7. The van der Waals surface area contributed by atoms with Gasteiger partial charge in [0.25, 0.3) is 5.91 Å². The van der Waals surface area contributed by atoms with Crippen molar-refractivity contribution >= 4 is 30.1 Å². The van der Waals surface area contributed by atoms with E-state index in [9.17, 15) is 39.9 Å². The van der Waals surface area contributed by atoms with E-state index in [0.29, 0.717) is 13.1 Å². The first-order valence-electron chi connectivity index (χ1n) is 15.7. The molecule has 1 aliphatic heterocycles. The Morgan fingerprint density at radius 1 is 1.04 bits per heavy atom. The van der Waals surface area contributed by atoms with Crippen molar-refractivity contribution < 1.29 is 49.2 Å². The second-order valence-corrected chi connectivity index (χ2v) is 13.3. The topological polar surface area (TPSA) is 189 Å². The molecule has 1 heterocycles. The molecule has 0 spiro atoms. The van der Waals surface area contributed by atoms with E-state index >= 15 is 0 Å². The van der Waals surface area contributed by atoms with E-state index in [2.05, 4.69) is 5.32 Å². The number of nitrogens with zero attached hydrogens (tertiary/aromatic N) is 2. The lowest BCUT2D eigenvalue weighted by atomic mass is 9.52. The van der Waals surface area contributed by atoms with Gasteiger partial charge < -0.3 is 40.2 Å². The Hall–Kier alpha value is -3.79. The number of amides is 1. The van der Waals surface area contributed by atoms with Crippen molar-refractivity contribution in [2.24, 2.45) is 23.7 Å². The van der Waals surface area contributed by atoms with Crippen LogP contribution in [0.3, 0.4) is 0 Å². The van der Waals surface area contributed by atoms with Crippen molar-refractivity contribution in [3.63, 3.8) is 0 Å². The van der Waals surface area contributed by atoms with E-state index in [1.165, 1.54) is 24.0 Å². The van der Waals surface area contributed by atoms with Crippen LogP contribution in [0.2, 0.25) is 0 Å². The first-order valence-corrected chi connectivity index (χ1v) is 15.7. The minimum Gasteiger partial charge on any atom is -0.512 e. The number of nitrogens with one attached hydrogen (secondary N) is 1. The summed E-state index contributed by atoms with van der Waals surface area (Å²) in [6.45, 7) is 2.86. The number of hydrogen-bond acceptors (Lipinski definition) is 12. The minimum absolute atomic E-state index is 0.0429. The Bertz CT molecular complexity index is 1580. The lowest BCUT2D eigenvalue weighted by molar-refractivity contribution is -0.152. The number of carbonyl (C=O) groups is 3. The Morgan fingerprint density at radius 2 is 1.70 bits per heavy atom. The SMILES string of the molecule is CN(C)[C@@H]1C(=O)C(C(=O)NCN2CCOB(c3ccccc3)OCC2)=C(O)[C@]2(O)C(O)=C3C(=O)[C@@H]4C(O)=CC=C[C@@H]4[C@](C)(O)[C@H]3C[C@@H]12. The fraction of sp³-hybridized carbons (Fsp3) is 0.485. The van der Waals surface area contributed by atoms with Crippen molar-refractivity contribution in [2.75, 3.05) is 47.1 Å². The maximum atomic E-state index is 13.9. The number of hydrogen-bond donors (Lipinski definition) is 6. The Kier molecular flexibility index (Phi) is 8.70. The third-order valence-corrected chi connectivity index (χ3v) is 10.3. The summed E-state index contributed by atoms with van der Waals surface area (Å²) >= 11 is 0. The molecular weight excluding hydrogens is 609 g/mol. The first-order chi connectivity index (χ1) is 22.3. The summed E-state index contributed by atoms with van der Waals surface area (Å²) in [6.07, 6.45) is 4.28. The predicted molar refractivity (Wildman–Crippen MR) is 169 cm³/mol. The van der Waals surface area contributed by atoms with Crippen LogP contribution < -0.4 is 10.8 Å². The zero-order valence-electron chi connectivity index (χ0n) is 26.5. The molecule has 13 nitrogen and oxygen atoms in total. The molecule has 14 heteroatoms. The van der Waals surface area contributed by atoms with Gasteiger partial charge in [0.2, 0.25) is 0 Å². The summed E-state index contributed by atoms with van der Waals surface area (Å²) in [4.78, 5) is 44.6. The molecule has 0 radical (unpaired) electrons. The van der Waals surface area contributed by atoms with E-state index in [-0.39, 0.29) is 37.6 Å². The highest BCUT2D eigenvalue weighted by atomic mass is 16.6. The number of Topliss-reactive ketones (excluding diaryl/α,β-unsaturated/α-hetero) is 2. The first kappa shape index (κ1) is 33.1. The van der Waals surface area contributed by atoms with E-state index in [4.69, 9.17) is 9.31 Å². The van der Waals surface area contributed by atoms with Crippen LogP contribution in [-0.2, 0) is 23.7 Å². The van der Waals surface area contributed by atoms with E-state index in [1.54, 1.807) is 20.2 Å². The van der Waals surface area contributed by atoms with Gasteiger partial charge in [-0.1, -0.05) is 42.5 Å². The fourth-order valence-corrected chi connectivity index (χ4v) is 7.88. The van der Waals surface area contributed by atoms with Crippen LogP contribution in [0.1, 0.15) is 13.3 Å². The summed E-state index contributed by atoms with van der Waals surface area (Å²) in [6, 6.07) is 8.28. The second-order valence-electron chi connectivity index (χ2n) is 13.3. The smallest absolute Gasteiger partial charge is 0.493 e. The summed E-state index contributed by atoms with van der Waals surface area (Å²) in [7, 11) is 2.60. The minimum atomic E-state index is -2.70. The van der Waals surface area contributed by atoms with Gasteiger partial charge in [0.05, 0.1) is 24.2 Å². The Morgan fingerprint density at radius 3 is 2.34 bits per heavy atom. The standard InChI is InChI=1S/C33H40BN3O10/c1-32(44)19-10-7-11-22(38)23(19)27(39)24-20(32)16-21-26(36(2)3)28(40)25(30(42)33(21,45)29(24)41)31(43)35-17-37-12-14-46-34(47-15-13-37)18-8-5-4-6-9-18/h4-11,19-21,23,26,38,41-42,44-45H,12-17H2,1-3H3,(H,35,43)/t19-,20-,21-,23-,26-,32-,33+/m0/s1. The summed E-state index contributed by atoms with van der Waals surface area (Å²) in [5.41, 5.74) is -4.59.